The second-order valence-electron chi connectivity index (χ2n) is 7.73. The summed E-state index contributed by atoms with van der Waals surface area (Å²) in [6.45, 7) is 5.95. The molecule has 1 aromatic carbocycles. The number of anilines is 1. The van der Waals surface area contributed by atoms with Crippen LogP contribution in [-0.2, 0) is 6.42 Å². The smallest absolute Gasteiger partial charge is 0.274 e. The summed E-state index contributed by atoms with van der Waals surface area (Å²) in [6.07, 6.45) is 6.55. The van der Waals surface area contributed by atoms with E-state index < -0.39 is 0 Å². The number of pyridine rings is 2. The molecule has 2 heterocycles. The number of aryl methyl sites for hydroxylation is 1. The Labute approximate surface area is 188 Å². The minimum atomic E-state index is -0.334. The van der Waals surface area contributed by atoms with Crippen LogP contribution in [0.5, 0.6) is 0 Å². The second-order valence-corrected chi connectivity index (χ2v) is 7.73. The Morgan fingerprint density at radius 3 is 2.59 bits per heavy atom. The lowest BCUT2D eigenvalue weighted by Gasteiger charge is -2.24. The summed E-state index contributed by atoms with van der Waals surface area (Å²) in [7, 11) is 0. The van der Waals surface area contributed by atoms with E-state index in [0.29, 0.717) is 16.9 Å². The Bertz CT molecular complexity index is 1110. The van der Waals surface area contributed by atoms with E-state index in [1.165, 1.54) is 0 Å². The van der Waals surface area contributed by atoms with Crippen molar-refractivity contribution in [1.29, 1.82) is 10.8 Å². The number of amidine groups is 1. The molecule has 0 saturated carbocycles. The summed E-state index contributed by atoms with van der Waals surface area (Å²) in [5.74, 6) is -0.135. The minimum absolute atomic E-state index is 0.0179. The standard InChI is InChI=1S/C25H28N6O/c1-4-6-21-10-9-20(15-29-21)18-11-12-28-23(14-18)25(32)30-22-8-5-7-19(13-22)24(27)31(16-26)17(2)3/h5,7-17,26-27H,4,6H2,1-3H3,(H,30,32). The van der Waals surface area contributed by atoms with Crippen LogP contribution in [0.15, 0.2) is 60.9 Å². The Kier molecular flexibility index (Phi) is 7.44. The third-order valence-electron chi connectivity index (χ3n) is 5.00. The van der Waals surface area contributed by atoms with Crippen LogP contribution in [0.1, 0.15) is 48.9 Å². The highest BCUT2D eigenvalue weighted by atomic mass is 16.1. The van der Waals surface area contributed by atoms with Gasteiger partial charge in [-0.15, -0.1) is 0 Å². The van der Waals surface area contributed by atoms with Crippen molar-refractivity contribution in [2.24, 2.45) is 0 Å². The van der Waals surface area contributed by atoms with Crippen molar-refractivity contribution in [3.63, 3.8) is 0 Å². The number of nitrogens with one attached hydrogen (secondary N) is 3. The van der Waals surface area contributed by atoms with Crippen molar-refractivity contribution >= 4 is 23.8 Å². The Morgan fingerprint density at radius 2 is 1.94 bits per heavy atom. The second kappa shape index (κ2) is 10.4. The molecule has 0 aliphatic rings. The number of benzene rings is 1. The fourth-order valence-electron chi connectivity index (χ4n) is 3.29. The molecule has 3 aromatic rings. The Balaban J connectivity index is 1.77. The summed E-state index contributed by atoms with van der Waals surface area (Å²) < 4.78 is 0. The average Bonchev–Trinajstić information content (AvgIpc) is 2.80. The molecule has 7 nitrogen and oxygen atoms in total. The third-order valence-corrected chi connectivity index (χ3v) is 5.00. The third kappa shape index (κ3) is 5.43. The molecule has 2 aromatic heterocycles. The first-order chi connectivity index (χ1) is 15.4. The number of nitrogens with zero attached hydrogens (tertiary/aromatic N) is 3. The zero-order valence-corrected chi connectivity index (χ0v) is 18.6. The maximum atomic E-state index is 12.8. The highest BCUT2D eigenvalue weighted by molar-refractivity contribution is 6.06. The Hall–Kier alpha value is -3.87. The van der Waals surface area contributed by atoms with Crippen LogP contribution >= 0.6 is 0 Å². The predicted octanol–water partition coefficient (Wildman–Crippen LogP) is 4.99. The van der Waals surface area contributed by atoms with Crippen LogP contribution in [0.2, 0.25) is 0 Å². The lowest BCUT2D eigenvalue weighted by molar-refractivity contribution is 0.102. The molecule has 0 aliphatic carbocycles. The van der Waals surface area contributed by atoms with Crippen LogP contribution in [0, 0.1) is 10.8 Å². The molecule has 3 rings (SSSR count). The van der Waals surface area contributed by atoms with Gasteiger partial charge in [-0.3, -0.25) is 25.6 Å². The lowest BCUT2D eigenvalue weighted by atomic mass is 10.1. The van der Waals surface area contributed by atoms with E-state index in [-0.39, 0.29) is 17.8 Å². The molecule has 3 N–H and O–H groups in total. The molecule has 0 bridgehead atoms. The van der Waals surface area contributed by atoms with Gasteiger partial charge in [-0.05, 0) is 56.2 Å². The molecular formula is C25H28N6O. The van der Waals surface area contributed by atoms with Crippen molar-refractivity contribution in [3.8, 4) is 11.1 Å². The zero-order chi connectivity index (χ0) is 23.1. The summed E-state index contributed by atoms with van der Waals surface area (Å²) in [4.78, 5) is 23.1. The maximum Gasteiger partial charge on any atom is 0.274 e. The molecule has 0 radical (unpaired) electrons. The van der Waals surface area contributed by atoms with Crippen LogP contribution < -0.4 is 5.32 Å². The molecule has 164 valence electrons. The molecule has 0 saturated heterocycles. The molecule has 0 atom stereocenters. The average molecular weight is 429 g/mol. The quantitative estimate of drug-likeness (QED) is 0.347. The number of aromatic nitrogens is 2. The minimum Gasteiger partial charge on any atom is -0.321 e. The normalized spacial score (nSPS) is 10.6. The number of carbonyl (C=O) groups is 1. The van der Waals surface area contributed by atoms with Crippen molar-refractivity contribution in [3.05, 3.63) is 77.9 Å². The van der Waals surface area contributed by atoms with Gasteiger partial charge < -0.3 is 10.2 Å². The number of rotatable bonds is 8. The topological polar surface area (TPSA) is 106 Å². The monoisotopic (exact) mass is 428 g/mol. The van der Waals surface area contributed by atoms with Gasteiger partial charge in [-0.25, -0.2) is 0 Å². The molecule has 1 amide bonds. The van der Waals surface area contributed by atoms with Gasteiger partial charge >= 0.3 is 0 Å². The van der Waals surface area contributed by atoms with Gasteiger partial charge in [-0.1, -0.05) is 31.5 Å². The first-order valence-electron chi connectivity index (χ1n) is 10.6. The van der Waals surface area contributed by atoms with Gasteiger partial charge in [0.15, 0.2) is 0 Å². The molecule has 0 aliphatic heterocycles. The van der Waals surface area contributed by atoms with Gasteiger partial charge in [0.2, 0.25) is 0 Å². The van der Waals surface area contributed by atoms with Crippen molar-refractivity contribution in [1.82, 2.24) is 14.9 Å². The van der Waals surface area contributed by atoms with E-state index in [4.69, 9.17) is 10.8 Å². The van der Waals surface area contributed by atoms with Crippen molar-refractivity contribution in [2.75, 3.05) is 5.32 Å². The van der Waals surface area contributed by atoms with Gasteiger partial charge in [0.25, 0.3) is 5.91 Å². The van der Waals surface area contributed by atoms with E-state index in [2.05, 4.69) is 22.2 Å². The summed E-state index contributed by atoms with van der Waals surface area (Å²) in [5, 5.41) is 18.8. The van der Waals surface area contributed by atoms with Crippen LogP contribution in [0.4, 0.5) is 5.69 Å². The maximum absolute atomic E-state index is 12.8. The molecule has 32 heavy (non-hydrogen) atoms. The van der Waals surface area contributed by atoms with E-state index in [1.54, 1.807) is 41.4 Å². The zero-order valence-electron chi connectivity index (χ0n) is 18.6. The first-order valence-corrected chi connectivity index (χ1v) is 10.6. The largest absolute Gasteiger partial charge is 0.321 e. The Morgan fingerprint density at radius 1 is 1.12 bits per heavy atom. The van der Waals surface area contributed by atoms with E-state index >= 15 is 0 Å². The van der Waals surface area contributed by atoms with Crippen LogP contribution in [-0.4, -0.2) is 39.0 Å². The van der Waals surface area contributed by atoms with Crippen LogP contribution in [0.25, 0.3) is 11.1 Å². The number of carbonyl (C=O) groups excluding carboxylic acids is 1. The van der Waals surface area contributed by atoms with Gasteiger partial charge in [0, 0.05) is 40.9 Å². The molecule has 0 spiro atoms. The van der Waals surface area contributed by atoms with Crippen molar-refractivity contribution in [2.45, 2.75) is 39.7 Å². The van der Waals surface area contributed by atoms with Gasteiger partial charge in [0.1, 0.15) is 11.5 Å². The van der Waals surface area contributed by atoms with E-state index in [9.17, 15) is 4.79 Å². The van der Waals surface area contributed by atoms with Crippen molar-refractivity contribution < 1.29 is 4.79 Å². The van der Waals surface area contributed by atoms with E-state index in [0.717, 1.165) is 36.0 Å². The number of hydrogen-bond acceptors (Lipinski definition) is 5. The summed E-state index contributed by atoms with van der Waals surface area (Å²) >= 11 is 0. The number of amides is 1. The molecule has 0 unspecified atom stereocenters. The fraction of sp³-hybridized carbons (Fsp3) is 0.240. The SMILES string of the molecule is CCCc1ccc(-c2ccnc(C(=O)Nc3cccc(C(=N)N(C=N)C(C)C)c3)c2)cn1. The summed E-state index contributed by atoms with van der Waals surface area (Å²) in [5.41, 5.74) is 4.31. The highest BCUT2D eigenvalue weighted by Gasteiger charge is 2.15. The lowest BCUT2D eigenvalue weighted by Crippen LogP contribution is -2.35. The fourth-order valence-corrected chi connectivity index (χ4v) is 3.29. The molecule has 7 heteroatoms. The first kappa shape index (κ1) is 22.8. The highest BCUT2D eigenvalue weighted by Crippen LogP contribution is 2.20. The predicted molar refractivity (Wildman–Crippen MR) is 128 cm³/mol. The van der Waals surface area contributed by atoms with Gasteiger partial charge in [0.05, 0.1) is 6.34 Å². The van der Waals surface area contributed by atoms with E-state index in [1.807, 2.05) is 38.2 Å². The van der Waals surface area contributed by atoms with Gasteiger partial charge in [-0.2, -0.15) is 0 Å². The van der Waals surface area contributed by atoms with Crippen LogP contribution in [0.3, 0.4) is 0 Å². The molecular weight excluding hydrogens is 400 g/mol. The molecule has 0 fully saturated rings. The number of hydrogen-bond donors (Lipinski definition) is 3. The summed E-state index contributed by atoms with van der Waals surface area (Å²) in [6, 6.07) is 14.6.